The molecule has 5 heteroatoms. The van der Waals surface area contributed by atoms with Crippen molar-refractivity contribution in [2.75, 3.05) is 0 Å². The Labute approximate surface area is 113 Å². The minimum absolute atomic E-state index is 0.00582. The molecule has 17 heavy (non-hydrogen) atoms. The van der Waals surface area contributed by atoms with Gasteiger partial charge in [-0.1, -0.05) is 40.3 Å². The molecule has 0 aliphatic heterocycles. The summed E-state index contributed by atoms with van der Waals surface area (Å²) in [5.74, 6) is 0. The topological polar surface area (TPSA) is 51.8 Å². The monoisotopic (exact) mass is 311 g/mol. The van der Waals surface area contributed by atoms with Gasteiger partial charge in [0.05, 0.1) is 6.04 Å². The molecule has 2 rings (SSSR count). The zero-order chi connectivity index (χ0) is 12.4. The highest BCUT2D eigenvalue weighted by Gasteiger charge is 2.13. The van der Waals surface area contributed by atoms with Crippen LogP contribution in [0.5, 0.6) is 0 Å². The van der Waals surface area contributed by atoms with Crippen LogP contribution in [0.25, 0.3) is 10.6 Å². The molecule has 0 spiro atoms. The van der Waals surface area contributed by atoms with Gasteiger partial charge in [0, 0.05) is 10.0 Å². The van der Waals surface area contributed by atoms with Crippen molar-refractivity contribution in [3.05, 3.63) is 33.2 Å². The van der Waals surface area contributed by atoms with Crippen molar-refractivity contribution in [2.24, 2.45) is 5.73 Å². The van der Waals surface area contributed by atoms with E-state index in [2.05, 4.69) is 52.1 Å². The second kappa shape index (κ2) is 5.25. The van der Waals surface area contributed by atoms with Gasteiger partial charge in [-0.25, -0.2) is 0 Å². The van der Waals surface area contributed by atoms with E-state index in [1.165, 1.54) is 5.56 Å². The molecule has 0 fully saturated rings. The lowest BCUT2D eigenvalue weighted by Gasteiger charge is -2.02. The smallest absolute Gasteiger partial charge is 0.148 e. The van der Waals surface area contributed by atoms with Crippen LogP contribution < -0.4 is 5.73 Å². The summed E-state index contributed by atoms with van der Waals surface area (Å²) in [5, 5.41) is 10.2. The van der Waals surface area contributed by atoms with Crippen molar-refractivity contribution in [3.63, 3.8) is 0 Å². The SMILES string of the molecule is CCC(N)c1nnc(-c2cc(Br)ccc2C)s1. The number of hydrogen-bond acceptors (Lipinski definition) is 4. The molecule has 0 bridgehead atoms. The van der Waals surface area contributed by atoms with Crippen LogP contribution in [0.4, 0.5) is 0 Å². The average molecular weight is 312 g/mol. The molecule has 0 amide bonds. The molecule has 0 radical (unpaired) electrons. The van der Waals surface area contributed by atoms with Gasteiger partial charge in [0.1, 0.15) is 10.0 Å². The van der Waals surface area contributed by atoms with Crippen LogP contribution in [0.2, 0.25) is 0 Å². The van der Waals surface area contributed by atoms with Crippen molar-refractivity contribution >= 4 is 27.3 Å². The lowest BCUT2D eigenvalue weighted by Crippen LogP contribution is -2.07. The third kappa shape index (κ3) is 2.73. The largest absolute Gasteiger partial charge is 0.322 e. The van der Waals surface area contributed by atoms with E-state index in [4.69, 9.17) is 5.73 Å². The number of halogens is 1. The second-order valence-corrected chi connectivity index (χ2v) is 5.84. The summed E-state index contributed by atoms with van der Waals surface area (Å²) in [6, 6.07) is 6.16. The van der Waals surface area contributed by atoms with Gasteiger partial charge in [-0.05, 0) is 31.0 Å². The van der Waals surface area contributed by atoms with E-state index in [1.54, 1.807) is 11.3 Å². The third-order valence-corrected chi connectivity index (χ3v) is 4.21. The molecule has 3 nitrogen and oxygen atoms in total. The lowest BCUT2D eigenvalue weighted by molar-refractivity contribution is 0.683. The molecule has 0 saturated carbocycles. The van der Waals surface area contributed by atoms with Crippen LogP contribution >= 0.6 is 27.3 Å². The molecule has 0 aliphatic carbocycles. The first-order chi connectivity index (χ1) is 8.11. The predicted molar refractivity (Wildman–Crippen MR) is 75.0 cm³/mol. The van der Waals surface area contributed by atoms with Crippen LogP contribution in [0.1, 0.15) is 30.0 Å². The van der Waals surface area contributed by atoms with Gasteiger partial charge >= 0.3 is 0 Å². The molecule has 2 N–H and O–H groups in total. The average Bonchev–Trinajstić information content (AvgIpc) is 2.80. The summed E-state index contributed by atoms with van der Waals surface area (Å²) in [6.07, 6.45) is 0.881. The van der Waals surface area contributed by atoms with Crippen LogP contribution in [0.15, 0.2) is 22.7 Å². The summed E-state index contributed by atoms with van der Waals surface area (Å²) in [5.41, 5.74) is 8.26. The first-order valence-electron chi connectivity index (χ1n) is 5.47. The Balaban J connectivity index is 2.40. The molecule has 1 unspecified atom stereocenters. The zero-order valence-electron chi connectivity index (χ0n) is 9.77. The maximum absolute atomic E-state index is 5.95. The summed E-state index contributed by atoms with van der Waals surface area (Å²) < 4.78 is 1.05. The van der Waals surface area contributed by atoms with E-state index in [-0.39, 0.29) is 6.04 Å². The highest BCUT2D eigenvalue weighted by Crippen LogP contribution is 2.31. The summed E-state index contributed by atoms with van der Waals surface area (Å²) in [4.78, 5) is 0. The molecule has 2 aromatic rings. The first-order valence-corrected chi connectivity index (χ1v) is 7.08. The van der Waals surface area contributed by atoms with Crippen LogP contribution in [-0.4, -0.2) is 10.2 Å². The zero-order valence-corrected chi connectivity index (χ0v) is 12.2. The Kier molecular flexibility index (Phi) is 3.91. The summed E-state index contributed by atoms with van der Waals surface area (Å²) in [7, 11) is 0. The van der Waals surface area contributed by atoms with Crippen molar-refractivity contribution in [3.8, 4) is 10.6 Å². The van der Waals surface area contributed by atoms with Gasteiger partial charge in [-0.3, -0.25) is 0 Å². The molecule has 1 atom stereocenters. The molecule has 1 heterocycles. The minimum Gasteiger partial charge on any atom is -0.322 e. The van der Waals surface area contributed by atoms with Gasteiger partial charge < -0.3 is 5.73 Å². The van der Waals surface area contributed by atoms with Crippen molar-refractivity contribution in [1.82, 2.24) is 10.2 Å². The van der Waals surface area contributed by atoms with E-state index < -0.39 is 0 Å². The first kappa shape index (κ1) is 12.7. The molecular weight excluding hydrogens is 298 g/mol. The Morgan fingerprint density at radius 1 is 1.41 bits per heavy atom. The van der Waals surface area contributed by atoms with E-state index in [0.717, 1.165) is 26.5 Å². The number of nitrogens with two attached hydrogens (primary N) is 1. The second-order valence-electron chi connectivity index (χ2n) is 3.92. The number of hydrogen-bond donors (Lipinski definition) is 1. The van der Waals surface area contributed by atoms with E-state index >= 15 is 0 Å². The fraction of sp³-hybridized carbons (Fsp3) is 0.333. The highest BCUT2D eigenvalue weighted by atomic mass is 79.9. The number of aryl methyl sites for hydroxylation is 1. The quantitative estimate of drug-likeness (QED) is 0.940. The standard InChI is InChI=1S/C12H14BrN3S/c1-3-10(14)12-16-15-11(17-12)9-6-8(13)5-4-7(9)2/h4-6,10H,3,14H2,1-2H3. The Morgan fingerprint density at radius 3 is 2.88 bits per heavy atom. The van der Waals surface area contributed by atoms with Crippen LogP contribution in [-0.2, 0) is 0 Å². The molecule has 0 saturated heterocycles. The maximum atomic E-state index is 5.95. The Bertz CT molecular complexity index is 524. The molecule has 1 aromatic carbocycles. The summed E-state index contributed by atoms with van der Waals surface area (Å²) >= 11 is 5.05. The van der Waals surface area contributed by atoms with Crippen molar-refractivity contribution < 1.29 is 0 Å². The number of nitrogens with zero attached hydrogens (tertiary/aromatic N) is 2. The fourth-order valence-electron chi connectivity index (χ4n) is 1.49. The van der Waals surface area contributed by atoms with E-state index in [0.29, 0.717) is 0 Å². The van der Waals surface area contributed by atoms with Gasteiger partial charge in [0.2, 0.25) is 0 Å². The van der Waals surface area contributed by atoms with Crippen LogP contribution in [0.3, 0.4) is 0 Å². The normalized spacial score (nSPS) is 12.7. The van der Waals surface area contributed by atoms with Gasteiger partial charge in [0.15, 0.2) is 0 Å². The molecule has 0 aliphatic rings. The molecule has 1 aromatic heterocycles. The van der Waals surface area contributed by atoms with E-state index in [1.807, 2.05) is 6.07 Å². The predicted octanol–water partition coefficient (Wildman–Crippen LogP) is 3.69. The van der Waals surface area contributed by atoms with E-state index in [9.17, 15) is 0 Å². The van der Waals surface area contributed by atoms with Gasteiger partial charge in [-0.15, -0.1) is 10.2 Å². The fourth-order valence-corrected chi connectivity index (χ4v) is 2.86. The number of aromatic nitrogens is 2. The Hall–Kier alpha value is -0.780. The Morgan fingerprint density at radius 2 is 2.18 bits per heavy atom. The van der Waals surface area contributed by atoms with Crippen LogP contribution in [0, 0.1) is 6.92 Å². The highest BCUT2D eigenvalue weighted by molar-refractivity contribution is 9.10. The molecule has 90 valence electrons. The van der Waals surface area contributed by atoms with Gasteiger partial charge in [-0.2, -0.15) is 0 Å². The van der Waals surface area contributed by atoms with Crippen molar-refractivity contribution in [1.29, 1.82) is 0 Å². The minimum atomic E-state index is -0.00582. The molecular formula is C12H14BrN3S. The maximum Gasteiger partial charge on any atom is 0.148 e. The summed E-state index contributed by atoms with van der Waals surface area (Å²) in [6.45, 7) is 4.12. The van der Waals surface area contributed by atoms with Gasteiger partial charge in [0.25, 0.3) is 0 Å². The number of benzene rings is 1. The number of rotatable bonds is 3. The van der Waals surface area contributed by atoms with Crippen molar-refractivity contribution in [2.45, 2.75) is 26.3 Å². The third-order valence-electron chi connectivity index (χ3n) is 2.63. The lowest BCUT2D eigenvalue weighted by atomic mass is 10.1.